The third kappa shape index (κ3) is 4.85. The maximum atomic E-state index is 12.2. The van der Waals surface area contributed by atoms with Crippen molar-refractivity contribution < 1.29 is 13.6 Å². The molecule has 0 aromatic carbocycles. The summed E-state index contributed by atoms with van der Waals surface area (Å²) in [5.41, 5.74) is 0.817. The van der Waals surface area contributed by atoms with Gasteiger partial charge in [-0.3, -0.25) is 4.79 Å². The lowest BCUT2D eigenvalue weighted by Gasteiger charge is -2.41. The van der Waals surface area contributed by atoms with Gasteiger partial charge in [-0.1, -0.05) is 20.4 Å². The molecule has 0 radical (unpaired) electrons. The summed E-state index contributed by atoms with van der Waals surface area (Å²) in [5, 5.41) is 4.45. The number of amides is 1. The Kier molecular flexibility index (Phi) is 5.96. The maximum Gasteiger partial charge on any atom is 0.248 e. The summed E-state index contributed by atoms with van der Waals surface area (Å²) in [6.45, 7) is 8.63. The predicted molar refractivity (Wildman–Crippen MR) is 105 cm³/mol. The van der Waals surface area contributed by atoms with Crippen molar-refractivity contribution in [2.75, 3.05) is 11.9 Å². The molecule has 1 aliphatic carbocycles. The fourth-order valence-electron chi connectivity index (χ4n) is 3.45. The standard InChI is InChI=1S/C17H23N5O.C3H4F2/c1-4-15(23)22-9-12(5-6-14(22)11(2)3)21-17-13-7-8-18-16(13)19-10-20-17;4-3(5)1-2-3/h4,7-8,10-12,14H,1,5-6,9H2,2-3H3,(H2,18,19,20,21);1-2H2/t12-,14?;/m0./s1. The third-order valence-corrected chi connectivity index (χ3v) is 5.18. The molecule has 152 valence electrons. The van der Waals surface area contributed by atoms with E-state index < -0.39 is 5.92 Å². The molecule has 2 atom stereocenters. The lowest BCUT2D eigenvalue weighted by atomic mass is 9.90. The molecule has 2 aromatic heterocycles. The highest BCUT2D eigenvalue weighted by atomic mass is 19.3. The first-order chi connectivity index (χ1) is 13.3. The van der Waals surface area contributed by atoms with Crippen LogP contribution in [0.3, 0.4) is 0 Å². The largest absolute Gasteiger partial charge is 0.365 e. The van der Waals surface area contributed by atoms with E-state index in [9.17, 15) is 13.6 Å². The molecular formula is C20H27F2N5O. The quantitative estimate of drug-likeness (QED) is 0.773. The molecule has 8 heteroatoms. The number of halogens is 2. The number of piperidine rings is 1. The Hall–Kier alpha value is -2.51. The normalized spacial score (nSPS) is 23.1. The highest BCUT2D eigenvalue weighted by Crippen LogP contribution is 2.40. The van der Waals surface area contributed by atoms with Gasteiger partial charge >= 0.3 is 0 Å². The van der Waals surface area contributed by atoms with Crippen LogP contribution in [0.1, 0.15) is 39.5 Å². The first-order valence-electron chi connectivity index (χ1n) is 9.66. The second kappa shape index (κ2) is 8.24. The average molecular weight is 391 g/mol. The fraction of sp³-hybridized carbons (Fsp3) is 0.550. The van der Waals surface area contributed by atoms with E-state index >= 15 is 0 Å². The van der Waals surface area contributed by atoms with Gasteiger partial charge in [0, 0.05) is 37.7 Å². The van der Waals surface area contributed by atoms with Gasteiger partial charge in [0.15, 0.2) is 0 Å². The molecule has 1 amide bonds. The van der Waals surface area contributed by atoms with Crippen molar-refractivity contribution in [3.63, 3.8) is 0 Å². The van der Waals surface area contributed by atoms with Gasteiger partial charge in [0.2, 0.25) is 11.8 Å². The van der Waals surface area contributed by atoms with E-state index in [1.54, 1.807) is 6.33 Å². The zero-order valence-electron chi connectivity index (χ0n) is 16.3. The molecule has 0 spiro atoms. The summed E-state index contributed by atoms with van der Waals surface area (Å²) in [5.74, 6) is -0.991. The van der Waals surface area contributed by atoms with Crippen LogP contribution in [0.15, 0.2) is 31.2 Å². The molecule has 3 heterocycles. The van der Waals surface area contributed by atoms with Crippen molar-refractivity contribution in [3.05, 3.63) is 31.2 Å². The van der Waals surface area contributed by atoms with E-state index in [1.807, 2.05) is 17.2 Å². The smallest absolute Gasteiger partial charge is 0.248 e. The summed E-state index contributed by atoms with van der Waals surface area (Å²) in [6, 6.07) is 2.42. The lowest BCUT2D eigenvalue weighted by Crippen LogP contribution is -2.52. The van der Waals surface area contributed by atoms with Crippen LogP contribution in [0, 0.1) is 5.92 Å². The fourth-order valence-corrected chi connectivity index (χ4v) is 3.45. The molecule has 1 saturated carbocycles. The number of anilines is 1. The van der Waals surface area contributed by atoms with Gasteiger partial charge in [0.25, 0.3) is 0 Å². The SMILES string of the molecule is C=CC(=O)N1C[C@@H](Nc2ncnc3[nH]ccc23)CCC1C(C)C.FC1(F)CC1. The Labute approximate surface area is 163 Å². The number of likely N-dealkylation sites (tertiary alicyclic amines) is 1. The van der Waals surface area contributed by atoms with Crippen LogP contribution in [-0.4, -0.2) is 50.3 Å². The van der Waals surface area contributed by atoms with Crippen LogP contribution < -0.4 is 5.32 Å². The van der Waals surface area contributed by atoms with Crippen molar-refractivity contribution in [3.8, 4) is 0 Å². The number of nitrogens with one attached hydrogen (secondary N) is 2. The molecule has 0 bridgehead atoms. The van der Waals surface area contributed by atoms with Crippen LogP contribution in [-0.2, 0) is 4.79 Å². The number of rotatable bonds is 4. The highest BCUT2D eigenvalue weighted by Gasteiger charge is 2.43. The number of hydrogen-bond acceptors (Lipinski definition) is 4. The molecule has 1 aliphatic heterocycles. The van der Waals surface area contributed by atoms with E-state index in [2.05, 4.69) is 40.7 Å². The third-order valence-electron chi connectivity index (χ3n) is 5.18. The number of H-pyrrole nitrogens is 1. The monoisotopic (exact) mass is 391 g/mol. The average Bonchev–Trinajstić information content (AvgIpc) is 3.17. The van der Waals surface area contributed by atoms with Gasteiger partial charge in [0.1, 0.15) is 17.8 Å². The first kappa shape index (κ1) is 20.2. The second-order valence-electron chi connectivity index (χ2n) is 7.74. The first-order valence-corrected chi connectivity index (χ1v) is 9.66. The summed E-state index contributed by atoms with van der Waals surface area (Å²) in [4.78, 5) is 25.8. The summed E-state index contributed by atoms with van der Waals surface area (Å²) >= 11 is 0. The minimum Gasteiger partial charge on any atom is -0.365 e. The molecule has 1 saturated heterocycles. The van der Waals surface area contributed by atoms with Crippen LogP contribution in [0.2, 0.25) is 0 Å². The summed E-state index contributed by atoms with van der Waals surface area (Å²) < 4.78 is 22.3. The molecule has 2 aliphatic rings. The molecule has 2 N–H and O–H groups in total. The number of carbonyl (C=O) groups is 1. The van der Waals surface area contributed by atoms with E-state index in [0.29, 0.717) is 12.5 Å². The van der Waals surface area contributed by atoms with Gasteiger partial charge in [-0.2, -0.15) is 0 Å². The summed E-state index contributed by atoms with van der Waals surface area (Å²) in [7, 11) is 0. The number of nitrogens with zero attached hydrogens (tertiary/aromatic N) is 3. The van der Waals surface area contributed by atoms with Crippen LogP contribution in [0.25, 0.3) is 11.0 Å². The Morgan fingerprint density at radius 2 is 2.11 bits per heavy atom. The minimum absolute atomic E-state index is 0.00433. The molecule has 2 aromatic rings. The minimum atomic E-state index is -2.25. The Morgan fingerprint density at radius 3 is 2.71 bits per heavy atom. The summed E-state index contributed by atoms with van der Waals surface area (Å²) in [6.07, 6.45) is 7.05. The zero-order chi connectivity index (χ0) is 20.3. The van der Waals surface area contributed by atoms with Crippen molar-refractivity contribution in [2.45, 2.75) is 57.5 Å². The number of hydrogen-bond donors (Lipinski definition) is 2. The van der Waals surface area contributed by atoms with Crippen LogP contribution in [0.5, 0.6) is 0 Å². The predicted octanol–water partition coefficient (Wildman–Crippen LogP) is 3.99. The van der Waals surface area contributed by atoms with Crippen molar-refractivity contribution in [2.24, 2.45) is 5.92 Å². The Bertz CT molecular complexity index is 829. The molecule has 4 rings (SSSR count). The van der Waals surface area contributed by atoms with Gasteiger partial charge in [-0.05, 0) is 30.9 Å². The Balaban J connectivity index is 0.000000391. The maximum absolute atomic E-state index is 12.2. The zero-order valence-corrected chi connectivity index (χ0v) is 16.3. The molecule has 28 heavy (non-hydrogen) atoms. The van der Waals surface area contributed by atoms with Gasteiger partial charge in [-0.25, -0.2) is 18.7 Å². The number of alkyl halides is 2. The van der Waals surface area contributed by atoms with Gasteiger partial charge in [-0.15, -0.1) is 0 Å². The van der Waals surface area contributed by atoms with E-state index in [0.717, 1.165) is 29.7 Å². The van der Waals surface area contributed by atoms with Gasteiger partial charge < -0.3 is 15.2 Å². The van der Waals surface area contributed by atoms with E-state index in [-0.39, 0.29) is 30.8 Å². The molecule has 2 fully saturated rings. The van der Waals surface area contributed by atoms with E-state index in [1.165, 1.54) is 6.08 Å². The number of aromatic amines is 1. The number of carbonyl (C=O) groups excluding carboxylic acids is 1. The number of fused-ring (bicyclic) bond motifs is 1. The van der Waals surface area contributed by atoms with Crippen molar-refractivity contribution in [1.82, 2.24) is 19.9 Å². The Morgan fingerprint density at radius 1 is 1.39 bits per heavy atom. The molecule has 1 unspecified atom stereocenters. The van der Waals surface area contributed by atoms with Crippen LogP contribution in [0.4, 0.5) is 14.6 Å². The topological polar surface area (TPSA) is 73.9 Å². The molecular weight excluding hydrogens is 364 g/mol. The lowest BCUT2D eigenvalue weighted by molar-refractivity contribution is -0.130. The van der Waals surface area contributed by atoms with Gasteiger partial charge in [0.05, 0.1) is 5.39 Å². The highest BCUT2D eigenvalue weighted by molar-refractivity contribution is 5.88. The molecule has 6 nitrogen and oxygen atoms in total. The van der Waals surface area contributed by atoms with E-state index in [4.69, 9.17) is 0 Å². The van der Waals surface area contributed by atoms with Crippen LogP contribution >= 0.6 is 0 Å². The second-order valence-corrected chi connectivity index (χ2v) is 7.74. The number of aromatic nitrogens is 3. The van der Waals surface area contributed by atoms with Crippen molar-refractivity contribution >= 4 is 22.8 Å². The van der Waals surface area contributed by atoms with Crippen molar-refractivity contribution in [1.29, 1.82) is 0 Å².